The molecule has 5 nitrogen and oxygen atoms in total. The van der Waals surface area contributed by atoms with Crippen LogP contribution in [0.2, 0.25) is 0 Å². The summed E-state index contributed by atoms with van der Waals surface area (Å²) in [4.78, 5) is 28.9. The molecular formula is C24H30N2O3. The average molecular weight is 395 g/mol. The van der Waals surface area contributed by atoms with E-state index in [2.05, 4.69) is 6.92 Å². The number of para-hydroxylation sites is 3. The zero-order chi connectivity index (χ0) is 20.6. The first-order valence-corrected chi connectivity index (χ1v) is 10.5. The second kappa shape index (κ2) is 10.1. The van der Waals surface area contributed by atoms with Gasteiger partial charge in [0.2, 0.25) is 11.8 Å². The van der Waals surface area contributed by atoms with Crippen molar-refractivity contribution in [1.82, 2.24) is 4.90 Å². The van der Waals surface area contributed by atoms with Crippen LogP contribution in [0.3, 0.4) is 0 Å². The summed E-state index contributed by atoms with van der Waals surface area (Å²) in [6.07, 6.45) is 4.62. The molecule has 154 valence electrons. The molecule has 1 aliphatic heterocycles. The van der Waals surface area contributed by atoms with Crippen molar-refractivity contribution < 1.29 is 14.3 Å². The Morgan fingerprint density at radius 2 is 1.79 bits per heavy atom. The van der Waals surface area contributed by atoms with E-state index in [0.29, 0.717) is 36.2 Å². The molecule has 0 N–H and O–H groups in total. The second-order valence-electron chi connectivity index (χ2n) is 7.45. The predicted octanol–water partition coefficient (Wildman–Crippen LogP) is 5.01. The highest BCUT2D eigenvalue weighted by Crippen LogP contribution is 2.32. The smallest absolute Gasteiger partial charge is 0.224 e. The van der Waals surface area contributed by atoms with Crippen LogP contribution < -0.4 is 9.64 Å². The molecule has 5 heteroatoms. The van der Waals surface area contributed by atoms with Gasteiger partial charge in [-0.1, -0.05) is 37.3 Å². The van der Waals surface area contributed by atoms with Gasteiger partial charge in [-0.3, -0.25) is 9.59 Å². The number of amides is 2. The molecule has 1 aliphatic rings. The van der Waals surface area contributed by atoms with E-state index in [-0.39, 0.29) is 11.8 Å². The zero-order valence-electron chi connectivity index (χ0n) is 17.3. The Balaban J connectivity index is 1.73. The lowest BCUT2D eigenvalue weighted by Gasteiger charge is -2.36. The number of rotatable bonds is 7. The quantitative estimate of drug-likeness (QED) is 0.663. The van der Waals surface area contributed by atoms with Gasteiger partial charge in [-0.15, -0.1) is 0 Å². The number of piperidine rings is 1. The van der Waals surface area contributed by atoms with Gasteiger partial charge < -0.3 is 14.5 Å². The molecule has 3 rings (SSSR count). The molecule has 0 spiro atoms. The normalized spacial score (nSPS) is 16.3. The van der Waals surface area contributed by atoms with Crippen LogP contribution in [-0.2, 0) is 9.59 Å². The van der Waals surface area contributed by atoms with Crippen molar-refractivity contribution in [3.63, 3.8) is 0 Å². The fourth-order valence-corrected chi connectivity index (χ4v) is 3.93. The largest absolute Gasteiger partial charge is 0.455 e. The van der Waals surface area contributed by atoms with Crippen molar-refractivity contribution in [2.24, 2.45) is 0 Å². The van der Waals surface area contributed by atoms with Crippen LogP contribution in [0.15, 0.2) is 54.6 Å². The van der Waals surface area contributed by atoms with Crippen LogP contribution >= 0.6 is 0 Å². The maximum Gasteiger partial charge on any atom is 0.224 e. The molecule has 1 fully saturated rings. The Bertz CT molecular complexity index is 822. The Morgan fingerprint density at radius 1 is 1.07 bits per heavy atom. The first-order chi connectivity index (χ1) is 14.1. The van der Waals surface area contributed by atoms with Crippen LogP contribution in [0.1, 0.15) is 46.0 Å². The van der Waals surface area contributed by atoms with Crippen LogP contribution in [-0.4, -0.2) is 35.8 Å². The number of hydrogen-bond donors (Lipinski definition) is 0. The van der Waals surface area contributed by atoms with E-state index < -0.39 is 0 Å². The molecule has 1 saturated heterocycles. The lowest BCUT2D eigenvalue weighted by Crippen LogP contribution is -2.44. The standard InChI is InChI=1S/C24H30N2O3/c1-3-20-11-9-10-17-26(20)24(28)16-18-25(19(2)27)22-14-7-8-15-23(22)29-21-12-5-4-6-13-21/h4-8,12-15,20H,3,9-11,16-18H2,1-2H3. The van der Waals surface area contributed by atoms with E-state index in [9.17, 15) is 9.59 Å². The summed E-state index contributed by atoms with van der Waals surface area (Å²) in [5.74, 6) is 1.33. The van der Waals surface area contributed by atoms with Gasteiger partial charge in [-0.05, 0) is 49.9 Å². The highest BCUT2D eigenvalue weighted by molar-refractivity contribution is 5.94. The summed E-state index contributed by atoms with van der Waals surface area (Å²) in [5.41, 5.74) is 0.683. The highest BCUT2D eigenvalue weighted by Gasteiger charge is 2.26. The highest BCUT2D eigenvalue weighted by atomic mass is 16.5. The summed E-state index contributed by atoms with van der Waals surface area (Å²) in [6.45, 7) is 4.83. The van der Waals surface area contributed by atoms with Gasteiger partial charge in [0.1, 0.15) is 5.75 Å². The molecule has 2 amide bonds. The molecule has 29 heavy (non-hydrogen) atoms. The lowest BCUT2D eigenvalue weighted by molar-refractivity contribution is -0.134. The fraction of sp³-hybridized carbons (Fsp3) is 0.417. The number of ether oxygens (including phenoxy) is 1. The summed E-state index contributed by atoms with van der Waals surface area (Å²) in [6, 6.07) is 17.3. The van der Waals surface area contributed by atoms with Crippen molar-refractivity contribution in [3.05, 3.63) is 54.6 Å². The Morgan fingerprint density at radius 3 is 2.52 bits per heavy atom. The fourth-order valence-electron chi connectivity index (χ4n) is 3.93. The van der Waals surface area contributed by atoms with Gasteiger partial charge >= 0.3 is 0 Å². The van der Waals surface area contributed by atoms with Crippen LogP contribution in [0.4, 0.5) is 5.69 Å². The minimum atomic E-state index is -0.104. The third-order valence-corrected chi connectivity index (χ3v) is 5.48. The van der Waals surface area contributed by atoms with Crippen molar-refractivity contribution in [2.75, 3.05) is 18.0 Å². The van der Waals surface area contributed by atoms with Crippen LogP contribution in [0.5, 0.6) is 11.5 Å². The molecule has 0 aliphatic carbocycles. The number of carbonyl (C=O) groups is 2. The number of anilines is 1. The van der Waals surface area contributed by atoms with Crippen molar-refractivity contribution >= 4 is 17.5 Å². The van der Waals surface area contributed by atoms with Gasteiger partial charge in [0.25, 0.3) is 0 Å². The summed E-state index contributed by atoms with van der Waals surface area (Å²) >= 11 is 0. The number of carbonyl (C=O) groups excluding carboxylic acids is 2. The van der Waals surface area contributed by atoms with Crippen molar-refractivity contribution in [1.29, 1.82) is 0 Å². The molecule has 0 bridgehead atoms. The van der Waals surface area contributed by atoms with E-state index in [1.54, 1.807) is 4.90 Å². The third-order valence-electron chi connectivity index (χ3n) is 5.48. The summed E-state index contributed by atoms with van der Waals surface area (Å²) < 4.78 is 6.01. The van der Waals surface area contributed by atoms with Gasteiger partial charge in [-0.2, -0.15) is 0 Å². The SMILES string of the molecule is CCC1CCCCN1C(=O)CCN(C(C)=O)c1ccccc1Oc1ccccc1. The minimum Gasteiger partial charge on any atom is -0.455 e. The molecule has 0 saturated carbocycles. The molecule has 1 heterocycles. The molecule has 2 aromatic rings. The second-order valence-corrected chi connectivity index (χ2v) is 7.45. The number of benzene rings is 2. The van der Waals surface area contributed by atoms with Gasteiger partial charge in [0, 0.05) is 32.5 Å². The van der Waals surface area contributed by atoms with E-state index in [4.69, 9.17) is 4.74 Å². The predicted molar refractivity (Wildman–Crippen MR) is 115 cm³/mol. The van der Waals surface area contributed by atoms with Crippen molar-refractivity contribution in [3.8, 4) is 11.5 Å². The van der Waals surface area contributed by atoms with Crippen molar-refractivity contribution in [2.45, 2.75) is 52.0 Å². The molecule has 1 atom stereocenters. The topological polar surface area (TPSA) is 49.9 Å². The molecule has 2 aromatic carbocycles. The van der Waals surface area contributed by atoms with E-state index in [1.807, 2.05) is 59.5 Å². The Hall–Kier alpha value is -2.82. The number of hydrogen-bond acceptors (Lipinski definition) is 3. The molecular weight excluding hydrogens is 364 g/mol. The first kappa shape index (κ1) is 20.9. The van der Waals surface area contributed by atoms with Gasteiger partial charge in [0.05, 0.1) is 5.69 Å². The van der Waals surface area contributed by atoms with E-state index in [0.717, 1.165) is 25.8 Å². The minimum absolute atomic E-state index is 0.104. The maximum atomic E-state index is 12.9. The van der Waals surface area contributed by atoms with Crippen LogP contribution in [0, 0.1) is 0 Å². The van der Waals surface area contributed by atoms with Gasteiger partial charge in [-0.25, -0.2) is 0 Å². The maximum absolute atomic E-state index is 12.9. The van der Waals surface area contributed by atoms with Crippen LogP contribution in [0.25, 0.3) is 0 Å². The third kappa shape index (κ3) is 5.37. The molecule has 0 radical (unpaired) electrons. The molecule has 1 unspecified atom stereocenters. The van der Waals surface area contributed by atoms with E-state index in [1.165, 1.54) is 13.3 Å². The summed E-state index contributed by atoms with van der Waals surface area (Å²) in [5, 5.41) is 0. The summed E-state index contributed by atoms with van der Waals surface area (Å²) in [7, 11) is 0. The van der Waals surface area contributed by atoms with Gasteiger partial charge in [0.15, 0.2) is 5.75 Å². The zero-order valence-corrected chi connectivity index (χ0v) is 17.3. The Labute approximate surface area is 173 Å². The monoisotopic (exact) mass is 394 g/mol. The molecule has 0 aromatic heterocycles. The first-order valence-electron chi connectivity index (χ1n) is 10.5. The van der Waals surface area contributed by atoms with E-state index >= 15 is 0 Å². The average Bonchev–Trinajstić information content (AvgIpc) is 2.75. The lowest BCUT2D eigenvalue weighted by atomic mass is 9.99. The Kier molecular flexibility index (Phi) is 7.28. The number of likely N-dealkylation sites (tertiary alicyclic amines) is 1. The number of nitrogens with zero attached hydrogens (tertiary/aromatic N) is 2.